The van der Waals surface area contributed by atoms with Crippen molar-refractivity contribution >= 4 is 11.7 Å². The molecule has 6 heteroatoms. The molecule has 6 nitrogen and oxygen atoms in total. The second-order valence-corrected chi connectivity index (χ2v) is 3.47. The van der Waals surface area contributed by atoms with E-state index in [9.17, 15) is 14.9 Å². The summed E-state index contributed by atoms with van der Waals surface area (Å²) in [6.07, 6.45) is 1.71. The lowest BCUT2D eigenvalue weighted by Crippen LogP contribution is -2.14. The number of aromatic nitrogens is 1. The lowest BCUT2D eigenvalue weighted by atomic mass is 10.00. The molecule has 0 saturated carbocycles. The average Bonchev–Trinajstić information content (AvgIpc) is 2.20. The van der Waals surface area contributed by atoms with Crippen molar-refractivity contribution in [3.63, 3.8) is 0 Å². The summed E-state index contributed by atoms with van der Waals surface area (Å²) in [5.41, 5.74) is 0.426. The Hall–Kier alpha value is -1.98. The minimum Gasteiger partial charge on any atom is -0.481 e. The molecule has 0 aliphatic carbocycles. The van der Waals surface area contributed by atoms with Gasteiger partial charge in [0.25, 0.3) is 5.69 Å². The molecule has 1 rings (SSSR count). The molecule has 16 heavy (non-hydrogen) atoms. The summed E-state index contributed by atoms with van der Waals surface area (Å²) < 4.78 is 0. The van der Waals surface area contributed by atoms with Crippen LogP contribution >= 0.6 is 0 Å². The first-order valence-corrected chi connectivity index (χ1v) is 4.81. The molecule has 0 radical (unpaired) electrons. The van der Waals surface area contributed by atoms with Gasteiger partial charge in [-0.2, -0.15) is 0 Å². The highest BCUT2D eigenvalue weighted by atomic mass is 16.6. The number of nitro groups is 1. The summed E-state index contributed by atoms with van der Waals surface area (Å²) in [7, 11) is 0. The fourth-order valence-electron chi connectivity index (χ4n) is 1.46. The van der Waals surface area contributed by atoms with Gasteiger partial charge in [0.2, 0.25) is 0 Å². The Morgan fingerprint density at radius 2 is 2.31 bits per heavy atom. The van der Waals surface area contributed by atoms with Crippen molar-refractivity contribution in [1.29, 1.82) is 0 Å². The van der Waals surface area contributed by atoms with Gasteiger partial charge in [0.05, 0.1) is 4.92 Å². The Morgan fingerprint density at radius 1 is 1.69 bits per heavy atom. The van der Waals surface area contributed by atoms with Crippen LogP contribution in [-0.2, 0) is 4.79 Å². The molecule has 0 aliphatic heterocycles. The zero-order valence-electron chi connectivity index (χ0n) is 9.01. The number of aryl methyl sites for hydroxylation is 1. The number of carboxylic acid groups (broad SMARTS) is 1. The van der Waals surface area contributed by atoms with Crippen LogP contribution in [0.15, 0.2) is 12.3 Å². The number of carboxylic acids is 1. The first-order valence-electron chi connectivity index (χ1n) is 4.81. The SMILES string of the molecule is CCC(C(=O)O)c1ncc(C)cc1[N+](=O)[O-]. The molecule has 1 aromatic heterocycles. The molecule has 1 unspecified atom stereocenters. The monoisotopic (exact) mass is 224 g/mol. The normalized spacial score (nSPS) is 12.1. The lowest BCUT2D eigenvalue weighted by molar-refractivity contribution is -0.386. The minimum absolute atomic E-state index is 0.0191. The zero-order chi connectivity index (χ0) is 12.3. The van der Waals surface area contributed by atoms with Crippen molar-refractivity contribution in [2.24, 2.45) is 0 Å². The summed E-state index contributed by atoms with van der Waals surface area (Å²) in [4.78, 5) is 25.0. The molecule has 1 atom stereocenters. The highest BCUT2D eigenvalue weighted by Crippen LogP contribution is 2.27. The zero-order valence-corrected chi connectivity index (χ0v) is 9.01. The van der Waals surface area contributed by atoms with Crippen molar-refractivity contribution in [2.45, 2.75) is 26.2 Å². The van der Waals surface area contributed by atoms with E-state index in [-0.39, 0.29) is 17.8 Å². The Labute approximate surface area is 92.1 Å². The lowest BCUT2D eigenvalue weighted by Gasteiger charge is -2.09. The van der Waals surface area contributed by atoms with E-state index >= 15 is 0 Å². The Morgan fingerprint density at radius 3 is 2.75 bits per heavy atom. The standard InChI is InChI=1S/C10H12N2O4/c1-3-7(10(13)14)9-8(12(15)16)4-6(2)5-11-9/h4-5,7H,3H2,1-2H3,(H,13,14). The van der Waals surface area contributed by atoms with Gasteiger partial charge in [-0.15, -0.1) is 0 Å². The van der Waals surface area contributed by atoms with Crippen LogP contribution < -0.4 is 0 Å². The summed E-state index contributed by atoms with van der Waals surface area (Å²) in [6.45, 7) is 3.33. The summed E-state index contributed by atoms with van der Waals surface area (Å²) in [5.74, 6) is -2.03. The number of carbonyl (C=O) groups is 1. The van der Waals surface area contributed by atoms with E-state index in [2.05, 4.69) is 4.98 Å². The molecule has 0 saturated heterocycles. The third-order valence-electron chi connectivity index (χ3n) is 2.27. The molecular formula is C10H12N2O4. The second kappa shape index (κ2) is 4.69. The fraction of sp³-hybridized carbons (Fsp3) is 0.400. The van der Waals surface area contributed by atoms with E-state index in [1.165, 1.54) is 12.3 Å². The largest absolute Gasteiger partial charge is 0.481 e. The van der Waals surface area contributed by atoms with Gasteiger partial charge in [-0.1, -0.05) is 6.92 Å². The molecule has 0 amide bonds. The van der Waals surface area contributed by atoms with Crippen molar-refractivity contribution in [1.82, 2.24) is 4.98 Å². The van der Waals surface area contributed by atoms with Gasteiger partial charge in [-0.3, -0.25) is 19.9 Å². The fourth-order valence-corrected chi connectivity index (χ4v) is 1.46. The highest BCUT2D eigenvalue weighted by molar-refractivity contribution is 5.76. The molecule has 0 aliphatic rings. The molecule has 0 aromatic carbocycles. The van der Waals surface area contributed by atoms with E-state index in [4.69, 9.17) is 5.11 Å². The van der Waals surface area contributed by atoms with Crippen LogP contribution in [0.5, 0.6) is 0 Å². The van der Waals surface area contributed by atoms with E-state index < -0.39 is 16.8 Å². The number of rotatable bonds is 4. The van der Waals surface area contributed by atoms with Gasteiger partial charge >= 0.3 is 5.97 Å². The van der Waals surface area contributed by atoms with Crippen LogP contribution in [0, 0.1) is 17.0 Å². The van der Waals surface area contributed by atoms with Crippen molar-refractivity contribution in [3.8, 4) is 0 Å². The van der Waals surface area contributed by atoms with Gasteiger partial charge in [0, 0.05) is 12.3 Å². The third kappa shape index (κ3) is 2.33. The highest BCUT2D eigenvalue weighted by Gasteiger charge is 2.27. The topological polar surface area (TPSA) is 93.3 Å². The minimum atomic E-state index is -1.10. The van der Waals surface area contributed by atoms with Crippen LogP contribution in [0.2, 0.25) is 0 Å². The number of hydrogen-bond acceptors (Lipinski definition) is 4. The number of nitrogens with zero attached hydrogens (tertiary/aromatic N) is 2. The molecule has 1 aromatic rings. The van der Waals surface area contributed by atoms with Crippen LogP contribution in [0.1, 0.15) is 30.5 Å². The van der Waals surface area contributed by atoms with Gasteiger partial charge in [0.1, 0.15) is 11.6 Å². The van der Waals surface area contributed by atoms with E-state index in [0.29, 0.717) is 5.56 Å². The number of hydrogen-bond donors (Lipinski definition) is 1. The molecule has 1 heterocycles. The van der Waals surface area contributed by atoms with Crippen LogP contribution in [0.4, 0.5) is 5.69 Å². The van der Waals surface area contributed by atoms with E-state index in [0.717, 1.165) is 0 Å². The first-order chi connectivity index (χ1) is 7.47. The molecule has 0 spiro atoms. The first kappa shape index (κ1) is 12.1. The maximum Gasteiger partial charge on any atom is 0.312 e. The quantitative estimate of drug-likeness (QED) is 0.622. The van der Waals surface area contributed by atoms with Crippen LogP contribution in [0.25, 0.3) is 0 Å². The van der Waals surface area contributed by atoms with E-state index in [1.54, 1.807) is 13.8 Å². The molecule has 0 fully saturated rings. The average molecular weight is 224 g/mol. The summed E-state index contributed by atoms with van der Waals surface area (Å²) in [5, 5.41) is 19.7. The summed E-state index contributed by atoms with van der Waals surface area (Å²) in [6, 6.07) is 1.34. The maximum absolute atomic E-state index is 10.9. The number of aliphatic carboxylic acids is 1. The second-order valence-electron chi connectivity index (χ2n) is 3.47. The molecule has 1 N–H and O–H groups in total. The van der Waals surface area contributed by atoms with Crippen molar-refractivity contribution < 1.29 is 14.8 Å². The van der Waals surface area contributed by atoms with Crippen LogP contribution in [0.3, 0.4) is 0 Å². The van der Waals surface area contributed by atoms with Gasteiger partial charge in [0.15, 0.2) is 0 Å². The van der Waals surface area contributed by atoms with Crippen molar-refractivity contribution in [2.75, 3.05) is 0 Å². The molecule has 86 valence electrons. The Bertz CT molecular complexity index is 431. The van der Waals surface area contributed by atoms with Crippen LogP contribution in [-0.4, -0.2) is 21.0 Å². The van der Waals surface area contributed by atoms with Gasteiger partial charge < -0.3 is 5.11 Å². The van der Waals surface area contributed by atoms with Crippen molar-refractivity contribution in [3.05, 3.63) is 33.6 Å². The third-order valence-corrected chi connectivity index (χ3v) is 2.27. The predicted octanol–water partition coefficient (Wildman–Crippen LogP) is 1.88. The number of pyridine rings is 1. The van der Waals surface area contributed by atoms with Gasteiger partial charge in [-0.25, -0.2) is 0 Å². The predicted molar refractivity (Wildman–Crippen MR) is 56.3 cm³/mol. The Kier molecular flexibility index (Phi) is 3.55. The smallest absolute Gasteiger partial charge is 0.312 e. The molecule has 0 bridgehead atoms. The summed E-state index contributed by atoms with van der Waals surface area (Å²) >= 11 is 0. The maximum atomic E-state index is 10.9. The van der Waals surface area contributed by atoms with E-state index in [1.807, 2.05) is 0 Å². The molecular weight excluding hydrogens is 212 g/mol. The Balaban J connectivity index is 3.31. The van der Waals surface area contributed by atoms with Gasteiger partial charge in [-0.05, 0) is 18.9 Å².